The lowest BCUT2D eigenvalue weighted by atomic mass is 10.2. The molecule has 0 bridgehead atoms. The zero-order chi connectivity index (χ0) is 18.4. The molecule has 5 nitrogen and oxygen atoms in total. The van der Waals surface area contributed by atoms with Crippen LogP contribution in [0.25, 0.3) is 0 Å². The van der Waals surface area contributed by atoms with E-state index in [0.29, 0.717) is 5.82 Å². The Kier molecular flexibility index (Phi) is 5.53. The topological polar surface area (TPSA) is 58.1 Å². The summed E-state index contributed by atoms with van der Waals surface area (Å²) in [7, 11) is 1.99. The first-order valence-electron chi connectivity index (χ1n) is 8.25. The Bertz CT molecular complexity index is 868. The first kappa shape index (κ1) is 17.5. The molecule has 2 heterocycles. The van der Waals surface area contributed by atoms with Gasteiger partial charge < -0.3 is 10.2 Å². The van der Waals surface area contributed by atoms with Gasteiger partial charge in [0.15, 0.2) is 0 Å². The number of halogens is 1. The summed E-state index contributed by atoms with van der Waals surface area (Å²) >= 11 is 0. The molecule has 0 saturated heterocycles. The molecule has 0 aliphatic rings. The zero-order valence-electron chi connectivity index (χ0n) is 14.4. The van der Waals surface area contributed by atoms with Gasteiger partial charge in [-0.05, 0) is 54.4 Å². The quantitative estimate of drug-likeness (QED) is 0.739. The second-order valence-electron chi connectivity index (χ2n) is 5.89. The van der Waals surface area contributed by atoms with Crippen molar-refractivity contribution in [3.05, 3.63) is 84.1 Å². The monoisotopic (exact) mass is 350 g/mol. The molecule has 0 aliphatic carbocycles. The maximum absolute atomic E-state index is 13.2. The normalized spacial score (nSPS) is 10.4. The number of anilines is 2. The van der Waals surface area contributed by atoms with Crippen LogP contribution in [0.4, 0.5) is 15.9 Å². The van der Waals surface area contributed by atoms with E-state index in [4.69, 9.17) is 0 Å². The lowest BCUT2D eigenvalue weighted by Crippen LogP contribution is -2.20. The van der Waals surface area contributed by atoms with Crippen LogP contribution >= 0.6 is 0 Å². The van der Waals surface area contributed by atoms with E-state index < -0.39 is 11.7 Å². The van der Waals surface area contributed by atoms with Crippen molar-refractivity contribution in [2.75, 3.05) is 23.8 Å². The van der Waals surface area contributed by atoms with Crippen LogP contribution in [0.5, 0.6) is 0 Å². The van der Waals surface area contributed by atoms with Crippen molar-refractivity contribution in [2.24, 2.45) is 0 Å². The minimum absolute atomic E-state index is 0.255. The maximum atomic E-state index is 13.2. The van der Waals surface area contributed by atoms with Crippen LogP contribution in [0.15, 0.2) is 67.1 Å². The van der Waals surface area contributed by atoms with E-state index >= 15 is 0 Å². The summed E-state index contributed by atoms with van der Waals surface area (Å²) in [6.07, 6.45) is 6.17. The number of hydrogen-bond donors (Lipinski definition) is 1. The van der Waals surface area contributed by atoms with E-state index in [-0.39, 0.29) is 5.56 Å². The van der Waals surface area contributed by atoms with Crippen molar-refractivity contribution in [1.29, 1.82) is 0 Å². The summed E-state index contributed by atoms with van der Waals surface area (Å²) in [6, 6.07) is 13.2. The molecule has 0 saturated carbocycles. The highest BCUT2D eigenvalue weighted by atomic mass is 19.1. The summed E-state index contributed by atoms with van der Waals surface area (Å²) in [4.78, 5) is 22.5. The van der Waals surface area contributed by atoms with Crippen molar-refractivity contribution in [3.63, 3.8) is 0 Å². The minimum Gasteiger partial charge on any atom is -0.373 e. The minimum atomic E-state index is -0.447. The summed E-state index contributed by atoms with van der Waals surface area (Å²) < 4.78 is 13.2. The number of aromatic nitrogens is 2. The van der Waals surface area contributed by atoms with Crippen LogP contribution < -0.4 is 10.2 Å². The third-order valence-electron chi connectivity index (χ3n) is 4.00. The van der Waals surface area contributed by atoms with E-state index in [2.05, 4.69) is 20.2 Å². The van der Waals surface area contributed by atoms with Gasteiger partial charge >= 0.3 is 0 Å². The second-order valence-corrected chi connectivity index (χ2v) is 5.89. The van der Waals surface area contributed by atoms with Crippen LogP contribution in [0.3, 0.4) is 0 Å². The number of nitrogens with zero attached hydrogens (tertiary/aromatic N) is 3. The molecule has 0 atom stereocenters. The van der Waals surface area contributed by atoms with Gasteiger partial charge in [0.25, 0.3) is 5.91 Å². The van der Waals surface area contributed by atoms with Crippen LogP contribution in [-0.2, 0) is 6.42 Å². The molecule has 0 unspecified atom stereocenters. The smallest absolute Gasteiger partial charge is 0.256 e. The number of benzene rings is 1. The molecule has 0 spiro atoms. The van der Waals surface area contributed by atoms with Crippen molar-refractivity contribution < 1.29 is 9.18 Å². The summed E-state index contributed by atoms with van der Waals surface area (Å²) in [5.41, 5.74) is 2.42. The van der Waals surface area contributed by atoms with Gasteiger partial charge in [0, 0.05) is 31.5 Å². The van der Waals surface area contributed by atoms with E-state index in [1.807, 2.05) is 25.2 Å². The second kappa shape index (κ2) is 8.20. The number of carbonyl (C=O) groups excluding carboxylic acids is 1. The molecule has 1 aromatic carbocycles. The van der Waals surface area contributed by atoms with E-state index in [0.717, 1.165) is 18.7 Å². The molecule has 2 aromatic heterocycles. The van der Waals surface area contributed by atoms with Crippen LogP contribution in [0.1, 0.15) is 15.9 Å². The van der Waals surface area contributed by atoms with Crippen molar-refractivity contribution >= 4 is 17.4 Å². The SMILES string of the molecule is CN(CCc1ccncc1)c1ccc(NC(=O)c2cccc(F)c2)nc1. The molecule has 26 heavy (non-hydrogen) atoms. The molecule has 6 heteroatoms. The average molecular weight is 350 g/mol. The fourth-order valence-electron chi connectivity index (χ4n) is 2.48. The van der Waals surface area contributed by atoms with Crippen LogP contribution in [-0.4, -0.2) is 29.5 Å². The molecule has 3 aromatic rings. The highest BCUT2D eigenvalue weighted by molar-refractivity contribution is 6.03. The van der Waals surface area contributed by atoms with Crippen LogP contribution in [0, 0.1) is 5.82 Å². The predicted octanol–water partition coefficient (Wildman–Crippen LogP) is 3.55. The van der Waals surface area contributed by atoms with Gasteiger partial charge in [0.1, 0.15) is 11.6 Å². The molecule has 0 fully saturated rings. The molecular formula is C20H19FN4O. The van der Waals surface area contributed by atoms with Gasteiger partial charge in [-0.3, -0.25) is 9.78 Å². The Balaban J connectivity index is 1.58. The molecular weight excluding hydrogens is 331 g/mol. The van der Waals surface area contributed by atoms with Gasteiger partial charge in [-0.1, -0.05) is 6.07 Å². The van der Waals surface area contributed by atoms with Gasteiger partial charge in [-0.15, -0.1) is 0 Å². The van der Waals surface area contributed by atoms with E-state index in [1.165, 1.54) is 23.8 Å². The van der Waals surface area contributed by atoms with E-state index in [9.17, 15) is 9.18 Å². The Morgan fingerprint density at radius 3 is 2.65 bits per heavy atom. The van der Waals surface area contributed by atoms with Gasteiger partial charge in [0.05, 0.1) is 11.9 Å². The number of nitrogens with one attached hydrogen (secondary N) is 1. The number of likely N-dealkylation sites (N-methyl/N-ethyl adjacent to an activating group) is 1. The first-order valence-corrected chi connectivity index (χ1v) is 8.25. The fourth-order valence-corrected chi connectivity index (χ4v) is 2.48. The Labute approximate surface area is 151 Å². The van der Waals surface area contributed by atoms with Crippen molar-refractivity contribution in [3.8, 4) is 0 Å². The predicted molar refractivity (Wildman–Crippen MR) is 99.8 cm³/mol. The Hall–Kier alpha value is -3.28. The fraction of sp³-hybridized carbons (Fsp3) is 0.150. The summed E-state index contributed by atoms with van der Waals surface area (Å²) in [5, 5.41) is 2.67. The molecule has 1 N–H and O–H groups in total. The number of amides is 1. The van der Waals surface area contributed by atoms with E-state index in [1.54, 1.807) is 30.7 Å². The third kappa shape index (κ3) is 4.63. The van der Waals surface area contributed by atoms with Crippen molar-refractivity contribution in [1.82, 2.24) is 9.97 Å². The Morgan fingerprint density at radius 2 is 1.96 bits per heavy atom. The van der Waals surface area contributed by atoms with Gasteiger partial charge in [-0.25, -0.2) is 9.37 Å². The molecule has 132 valence electrons. The third-order valence-corrected chi connectivity index (χ3v) is 4.00. The lowest BCUT2D eigenvalue weighted by molar-refractivity contribution is 0.102. The highest BCUT2D eigenvalue weighted by Gasteiger charge is 2.08. The molecule has 1 amide bonds. The van der Waals surface area contributed by atoms with Crippen LogP contribution in [0.2, 0.25) is 0 Å². The van der Waals surface area contributed by atoms with Gasteiger partial charge in [0.2, 0.25) is 0 Å². The molecule has 0 aliphatic heterocycles. The summed E-state index contributed by atoms with van der Waals surface area (Å²) in [6.45, 7) is 0.834. The maximum Gasteiger partial charge on any atom is 0.256 e. The summed E-state index contributed by atoms with van der Waals surface area (Å²) in [5.74, 6) is -0.418. The Morgan fingerprint density at radius 1 is 1.15 bits per heavy atom. The average Bonchev–Trinajstić information content (AvgIpc) is 2.67. The zero-order valence-corrected chi connectivity index (χ0v) is 14.4. The largest absolute Gasteiger partial charge is 0.373 e. The number of pyridine rings is 2. The van der Waals surface area contributed by atoms with Crippen molar-refractivity contribution in [2.45, 2.75) is 6.42 Å². The number of rotatable bonds is 6. The highest BCUT2D eigenvalue weighted by Crippen LogP contribution is 2.15. The molecule has 3 rings (SSSR count). The number of hydrogen-bond acceptors (Lipinski definition) is 4. The number of carbonyl (C=O) groups is 1. The standard InChI is InChI=1S/C20H19FN4O/c1-25(12-9-15-7-10-22-11-8-15)18-5-6-19(23-14-18)24-20(26)16-3-2-4-17(21)13-16/h2-8,10-11,13-14H,9,12H2,1H3,(H,23,24,26). The van der Waals surface area contributed by atoms with Gasteiger partial charge in [-0.2, -0.15) is 0 Å². The molecule has 0 radical (unpaired) electrons. The first-order chi connectivity index (χ1) is 12.6. The lowest BCUT2D eigenvalue weighted by Gasteiger charge is -2.19.